The zero-order valence-electron chi connectivity index (χ0n) is 25.6. The summed E-state index contributed by atoms with van der Waals surface area (Å²) < 4.78 is 1.78. The van der Waals surface area contributed by atoms with Gasteiger partial charge in [-0.3, -0.25) is 5.32 Å². The minimum Gasteiger partial charge on any atom is -0.373 e. The molecule has 3 aromatic rings. The van der Waals surface area contributed by atoms with Crippen molar-refractivity contribution in [3.63, 3.8) is 0 Å². The van der Waals surface area contributed by atoms with Crippen molar-refractivity contribution < 1.29 is 5.11 Å². The maximum absolute atomic E-state index is 11.1. The van der Waals surface area contributed by atoms with Crippen molar-refractivity contribution in [2.75, 3.05) is 6.54 Å². The maximum atomic E-state index is 11.1. The first kappa shape index (κ1) is 34.9. The van der Waals surface area contributed by atoms with E-state index in [2.05, 4.69) is 12.2 Å². The van der Waals surface area contributed by atoms with Crippen molar-refractivity contribution in [3.8, 4) is 16.9 Å². The summed E-state index contributed by atoms with van der Waals surface area (Å²) in [5, 5.41) is 20.8. The van der Waals surface area contributed by atoms with E-state index in [1.165, 1.54) is 96.3 Å². The van der Waals surface area contributed by atoms with Gasteiger partial charge in [-0.2, -0.15) is 5.10 Å². The summed E-state index contributed by atoms with van der Waals surface area (Å²) in [4.78, 5) is 0. The lowest BCUT2D eigenvalue weighted by molar-refractivity contribution is 0.133. The molecule has 1 aromatic heterocycles. The lowest BCUT2D eigenvalue weighted by Crippen LogP contribution is -2.23. The van der Waals surface area contributed by atoms with Crippen LogP contribution >= 0.6 is 34.8 Å². The number of benzene rings is 2. The molecule has 1 heterocycles. The summed E-state index contributed by atoms with van der Waals surface area (Å²) in [5.41, 5.74) is 3.96. The summed E-state index contributed by atoms with van der Waals surface area (Å²) in [6, 6.07) is 12.9. The Hall–Kier alpha value is -1.56. The average Bonchev–Trinajstić information content (AvgIpc) is 3.31. The Morgan fingerprint density at radius 3 is 1.74 bits per heavy atom. The Bertz CT molecular complexity index is 1180. The largest absolute Gasteiger partial charge is 0.373 e. The van der Waals surface area contributed by atoms with Crippen LogP contribution in [0.15, 0.2) is 42.5 Å². The fourth-order valence-corrected chi connectivity index (χ4v) is 6.17. The van der Waals surface area contributed by atoms with Gasteiger partial charge >= 0.3 is 0 Å². The van der Waals surface area contributed by atoms with Gasteiger partial charge in [0.2, 0.25) is 0 Å². The van der Waals surface area contributed by atoms with Crippen molar-refractivity contribution in [1.29, 1.82) is 0 Å². The van der Waals surface area contributed by atoms with Crippen LogP contribution in [0.1, 0.15) is 127 Å². The van der Waals surface area contributed by atoms with E-state index >= 15 is 0 Å². The monoisotopic (exact) mass is 633 g/mol. The van der Waals surface area contributed by atoms with E-state index in [0.717, 1.165) is 29.8 Å². The molecule has 0 aliphatic heterocycles. The van der Waals surface area contributed by atoms with Crippen molar-refractivity contribution >= 4 is 34.8 Å². The predicted octanol–water partition coefficient (Wildman–Crippen LogP) is 11.6. The van der Waals surface area contributed by atoms with E-state index in [-0.39, 0.29) is 0 Å². The minimum atomic E-state index is -0.875. The summed E-state index contributed by atoms with van der Waals surface area (Å²) in [7, 11) is 0. The number of aromatic nitrogens is 2. The first-order chi connectivity index (χ1) is 20.4. The van der Waals surface area contributed by atoms with Gasteiger partial charge < -0.3 is 5.11 Å². The molecule has 7 heteroatoms. The van der Waals surface area contributed by atoms with Crippen LogP contribution in [0.3, 0.4) is 0 Å². The van der Waals surface area contributed by atoms with Gasteiger partial charge in [-0.15, -0.1) is 0 Å². The van der Waals surface area contributed by atoms with Crippen LogP contribution in [-0.4, -0.2) is 21.4 Å². The van der Waals surface area contributed by atoms with Crippen LogP contribution in [0, 0.1) is 6.92 Å². The summed E-state index contributed by atoms with van der Waals surface area (Å²) in [6.07, 6.45) is 20.6. The fraction of sp³-hybridized carbons (Fsp3) is 0.571. The van der Waals surface area contributed by atoms with Crippen molar-refractivity contribution in [1.82, 2.24) is 15.1 Å². The molecule has 2 aromatic carbocycles. The Morgan fingerprint density at radius 1 is 0.714 bits per heavy atom. The van der Waals surface area contributed by atoms with Gasteiger partial charge in [0, 0.05) is 21.2 Å². The summed E-state index contributed by atoms with van der Waals surface area (Å²) in [6.45, 7) is 5.00. The molecule has 0 bridgehead atoms. The third-order valence-corrected chi connectivity index (χ3v) is 8.83. The highest BCUT2D eigenvalue weighted by Gasteiger charge is 2.23. The molecule has 1 unspecified atom stereocenters. The van der Waals surface area contributed by atoms with Gasteiger partial charge in [-0.1, -0.05) is 150 Å². The van der Waals surface area contributed by atoms with Crippen LogP contribution in [0.5, 0.6) is 0 Å². The smallest absolute Gasteiger partial charge is 0.150 e. The van der Waals surface area contributed by atoms with Crippen molar-refractivity contribution in [2.45, 2.75) is 123 Å². The molecule has 0 radical (unpaired) electrons. The molecular weight excluding hydrogens is 585 g/mol. The molecule has 232 valence electrons. The van der Waals surface area contributed by atoms with Crippen LogP contribution in [0.25, 0.3) is 16.9 Å². The molecule has 1 atom stereocenters. The number of rotatable bonds is 21. The molecule has 42 heavy (non-hydrogen) atoms. The standard InChI is InChI=1S/C35H50Cl3N3O/c1-3-4-5-6-7-8-9-10-11-12-13-14-15-16-17-18-25-39-35(42)33-27(2)34(28-19-21-29(36)22-20-28)41(40-33)32-24-23-30(37)26-31(32)38/h19-24,26,35,39,42H,3-18,25H2,1-2H3. The molecule has 0 aliphatic rings. The number of nitrogens with zero attached hydrogens (tertiary/aromatic N) is 2. The van der Waals surface area contributed by atoms with Gasteiger partial charge in [0.15, 0.2) is 0 Å². The lowest BCUT2D eigenvalue weighted by atomic mass is 10.0. The fourth-order valence-electron chi connectivity index (χ4n) is 5.56. The minimum absolute atomic E-state index is 0.488. The maximum Gasteiger partial charge on any atom is 0.150 e. The number of hydrogen-bond donors (Lipinski definition) is 2. The molecule has 0 amide bonds. The van der Waals surface area contributed by atoms with E-state index in [1.54, 1.807) is 16.8 Å². The quantitative estimate of drug-likeness (QED) is 0.0905. The van der Waals surface area contributed by atoms with Crippen molar-refractivity contribution in [2.24, 2.45) is 0 Å². The molecule has 3 rings (SSSR count). The predicted molar refractivity (Wildman–Crippen MR) is 181 cm³/mol. The number of aliphatic hydroxyl groups is 1. The molecule has 0 spiro atoms. The van der Waals surface area contributed by atoms with Gasteiger partial charge in [0.1, 0.15) is 11.9 Å². The Labute approximate surface area is 269 Å². The second-order valence-corrected chi connectivity index (χ2v) is 12.8. The molecule has 2 N–H and O–H groups in total. The summed E-state index contributed by atoms with van der Waals surface area (Å²) >= 11 is 18.9. The average molecular weight is 635 g/mol. The highest BCUT2D eigenvalue weighted by atomic mass is 35.5. The van der Waals surface area contributed by atoms with E-state index in [1.807, 2.05) is 37.3 Å². The third-order valence-electron chi connectivity index (χ3n) is 8.04. The Balaban J connectivity index is 1.39. The van der Waals surface area contributed by atoms with Gasteiger partial charge in [-0.05, 0) is 50.2 Å². The van der Waals surface area contributed by atoms with Gasteiger partial charge in [0.05, 0.1) is 16.4 Å². The van der Waals surface area contributed by atoms with Gasteiger partial charge in [-0.25, -0.2) is 4.68 Å². The first-order valence-corrected chi connectivity index (χ1v) is 17.3. The first-order valence-electron chi connectivity index (χ1n) is 16.1. The SMILES string of the molecule is CCCCCCCCCCCCCCCCCCNC(O)c1nn(-c2ccc(Cl)cc2Cl)c(-c2ccc(Cl)cc2)c1C. The highest BCUT2D eigenvalue weighted by Crippen LogP contribution is 2.34. The van der Waals surface area contributed by atoms with Crippen molar-refractivity contribution in [3.05, 3.63) is 68.8 Å². The second-order valence-electron chi connectivity index (χ2n) is 11.5. The molecular formula is C35H50Cl3N3O. The second kappa shape index (κ2) is 19.7. The Morgan fingerprint density at radius 2 is 1.21 bits per heavy atom. The molecule has 0 saturated heterocycles. The number of hydrogen-bond acceptors (Lipinski definition) is 3. The third kappa shape index (κ3) is 11.5. The number of unbranched alkanes of at least 4 members (excludes halogenated alkanes) is 15. The van der Waals surface area contributed by atoms with E-state index in [4.69, 9.17) is 39.9 Å². The zero-order chi connectivity index (χ0) is 30.2. The normalized spacial score (nSPS) is 12.2. The zero-order valence-corrected chi connectivity index (χ0v) is 27.9. The Kier molecular flexibility index (Phi) is 16.4. The van der Waals surface area contributed by atoms with E-state index < -0.39 is 6.23 Å². The summed E-state index contributed by atoms with van der Waals surface area (Å²) in [5.74, 6) is 0. The number of aliphatic hydroxyl groups excluding tert-OH is 1. The lowest BCUT2D eigenvalue weighted by Gasteiger charge is -2.11. The van der Waals surface area contributed by atoms with Crippen LogP contribution in [0.4, 0.5) is 0 Å². The van der Waals surface area contributed by atoms with E-state index in [9.17, 15) is 5.11 Å². The van der Waals surface area contributed by atoms with E-state index in [0.29, 0.717) is 26.4 Å². The molecule has 4 nitrogen and oxygen atoms in total. The number of nitrogens with one attached hydrogen (secondary N) is 1. The molecule has 0 aliphatic carbocycles. The molecule has 0 saturated carbocycles. The number of halogens is 3. The van der Waals surface area contributed by atoms with Crippen LogP contribution in [-0.2, 0) is 0 Å². The molecule has 0 fully saturated rings. The van der Waals surface area contributed by atoms with Crippen LogP contribution < -0.4 is 5.32 Å². The van der Waals surface area contributed by atoms with Crippen LogP contribution in [0.2, 0.25) is 15.1 Å². The van der Waals surface area contributed by atoms with Gasteiger partial charge in [0.25, 0.3) is 0 Å². The topological polar surface area (TPSA) is 50.1 Å². The highest BCUT2D eigenvalue weighted by molar-refractivity contribution is 6.35.